The first kappa shape index (κ1) is 15.3. The summed E-state index contributed by atoms with van der Waals surface area (Å²) in [4.78, 5) is 12.6. The van der Waals surface area contributed by atoms with Gasteiger partial charge in [0.1, 0.15) is 0 Å². The van der Waals surface area contributed by atoms with E-state index in [1.807, 2.05) is 0 Å². The van der Waals surface area contributed by atoms with Gasteiger partial charge in [-0.3, -0.25) is 4.79 Å². The molecule has 1 aliphatic rings. The van der Waals surface area contributed by atoms with Gasteiger partial charge in [0.15, 0.2) is 15.6 Å². The number of hydrogen-bond donors (Lipinski definition) is 0. The predicted octanol–water partition coefficient (Wildman–Crippen LogP) is 4.05. The number of hydrogen-bond acceptors (Lipinski definition) is 3. The fraction of sp³-hybridized carbons (Fsp3) is 0.0625. The number of benzene rings is 2. The fourth-order valence-electron chi connectivity index (χ4n) is 2.36. The van der Waals surface area contributed by atoms with Gasteiger partial charge in [0.25, 0.3) is 0 Å². The van der Waals surface area contributed by atoms with Crippen molar-refractivity contribution in [1.29, 1.82) is 0 Å². The average molecular weight is 353 g/mol. The Morgan fingerprint density at radius 3 is 2.50 bits per heavy atom. The largest absolute Gasteiger partial charge is 0.289 e. The molecular formula is C16H10Cl2O3S. The van der Waals surface area contributed by atoms with Crippen molar-refractivity contribution in [3.63, 3.8) is 0 Å². The van der Waals surface area contributed by atoms with Crippen molar-refractivity contribution in [1.82, 2.24) is 0 Å². The van der Waals surface area contributed by atoms with Crippen molar-refractivity contribution >= 4 is 44.9 Å². The average Bonchev–Trinajstić information content (AvgIpc) is 2.47. The highest BCUT2D eigenvalue weighted by molar-refractivity contribution is 7.91. The summed E-state index contributed by atoms with van der Waals surface area (Å²) in [5, 5.41) is 0.837. The summed E-state index contributed by atoms with van der Waals surface area (Å²) in [6.45, 7) is 0. The maximum Gasteiger partial charge on any atom is 0.191 e. The van der Waals surface area contributed by atoms with Crippen LogP contribution in [0.1, 0.15) is 15.9 Å². The smallest absolute Gasteiger partial charge is 0.191 e. The zero-order chi connectivity index (χ0) is 15.9. The van der Waals surface area contributed by atoms with Gasteiger partial charge in [0.2, 0.25) is 0 Å². The molecule has 2 aromatic rings. The minimum Gasteiger partial charge on any atom is -0.289 e. The van der Waals surface area contributed by atoms with Gasteiger partial charge in [-0.05, 0) is 35.9 Å². The maximum atomic E-state index is 12.5. The maximum absolute atomic E-state index is 12.5. The molecule has 0 bridgehead atoms. The van der Waals surface area contributed by atoms with Crippen LogP contribution in [0.2, 0.25) is 10.0 Å². The summed E-state index contributed by atoms with van der Waals surface area (Å²) < 4.78 is 24.6. The summed E-state index contributed by atoms with van der Waals surface area (Å²) in [5.74, 6) is -0.627. The van der Waals surface area contributed by atoms with Gasteiger partial charge in [0, 0.05) is 21.2 Å². The topological polar surface area (TPSA) is 51.2 Å². The number of fused-ring (bicyclic) bond motifs is 1. The standard InChI is InChI=1S/C16H10Cl2O3S/c17-12-6-5-10(14(18)8-12)7-11-9-22(20,21)15-4-2-1-3-13(15)16(11)19/h1-8H,9H2/b11-7+. The van der Waals surface area contributed by atoms with Gasteiger partial charge < -0.3 is 0 Å². The van der Waals surface area contributed by atoms with E-state index >= 15 is 0 Å². The van der Waals surface area contributed by atoms with Gasteiger partial charge in [-0.2, -0.15) is 0 Å². The van der Waals surface area contributed by atoms with E-state index < -0.39 is 9.84 Å². The van der Waals surface area contributed by atoms with Crippen LogP contribution in [0.15, 0.2) is 52.9 Å². The molecule has 0 amide bonds. The number of sulfone groups is 1. The molecule has 6 heteroatoms. The number of carbonyl (C=O) groups excluding carboxylic acids is 1. The second kappa shape index (κ2) is 5.54. The SMILES string of the molecule is O=C1/C(=C/c2ccc(Cl)cc2Cl)CS(=O)(=O)c2ccccc21. The van der Waals surface area contributed by atoms with Gasteiger partial charge in [-0.15, -0.1) is 0 Å². The predicted molar refractivity (Wildman–Crippen MR) is 87.3 cm³/mol. The van der Waals surface area contributed by atoms with E-state index in [0.29, 0.717) is 15.6 Å². The highest BCUT2D eigenvalue weighted by Gasteiger charge is 2.32. The fourth-order valence-corrected chi connectivity index (χ4v) is 4.38. The lowest BCUT2D eigenvalue weighted by Gasteiger charge is -2.17. The Hall–Kier alpha value is -1.62. The third-order valence-corrected chi connectivity index (χ3v) is 5.68. The second-order valence-electron chi connectivity index (χ2n) is 4.92. The quantitative estimate of drug-likeness (QED) is 0.727. The minimum atomic E-state index is -3.52. The van der Waals surface area contributed by atoms with Crippen molar-refractivity contribution in [2.45, 2.75) is 4.90 Å². The first-order valence-corrected chi connectivity index (χ1v) is 8.81. The lowest BCUT2D eigenvalue weighted by molar-refractivity contribution is 0.103. The number of Topliss-reactive ketones (excluding diaryl/α,β-unsaturated/α-hetero) is 1. The molecule has 0 N–H and O–H groups in total. The third-order valence-electron chi connectivity index (χ3n) is 3.40. The van der Waals surface area contributed by atoms with Crippen LogP contribution in [0.3, 0.4) is 0 Å². The van der Waals surface area contributed by atoms with Crippen LogP contribution in [-0.2, 0) is 9.84 Å². The van der Waals surface area contributed by atoms with E-state index in [-0.39, 0.29) is 27.6 Å². The molecule has 0 saturated carbocycles. The molecule has 1 aliphatic heterocycles. The Kier molecular flexibility index (Phi) is 3.85. The molecule has 0 aromatic heterocycles. The molecule has 0 fully saturated rings. The van der Waals surface area contributed by atoms with Crippen LogP contribution in [0.4, 0.5) is 0 Å². The van der Waals surface area contributed by atoms with Crippen LogP contribution in [0.25, 0.3) is 6.08 Å². The first-order valence-electron chi connectivity index (χ1n) is 6.40. The molecular weight excluding hydrogens is 343 g/mol. The molecule has 0 unspecified atom stereocenters. The molecule has 112 valence electrons. The molecule has 0 radical (unpaired) electrons. The van der Waals surface area contributed by atoms with Crippen LogP contribution >= 0.6 is 23.2 Å². The van der Waals surface area contributed by atoms with Gasteiger partial charge in [-0.1, -0.05) is 41.4 Å². The van der Waals surface area contributed by atoms with Crippen molar-refractivity contribution in [3.8, 4) is 0 Å². The summed E-state index contributed by atoms with van der Waals surface area (Å²) in [6.07, 6.45) is 1.51. The molecule has 3 nitrogen and oxygen atoms in total. The highest BCUT2D eigenvalue weighted by Crippen LogP contribution is 2.30. The van der Waals surface area contributed by atoms with Crippen molar-refractivity contribution in [2.75, 3.05) is 5.75 Å². The van der Waals surface area contributed by atoms with Crippen LogP contribution in [0, 0.1) is 0 Å². The van der Waals surface area contributed by atoms with E-state index in [1.165, 1.54) is 18.2 Å². The Bertz CT molecular complexity index is 915. The molecule has 2 aromatic carbocycles. The monoisotopic (exact) mass is 352 g/mol. The molecule has 1 heterocycles. The summed E-state index contributed by atoms with van der Waals surface area (Å²) >= 11 is 11.9. The number of halogens is 2. The molecule has 3 rings (SSSR count). The second-order valence-corrected chi connectivity index (χ2v) is 7.72. The molecule has 0 aliphatic carbocycles. The zero-order valence-corrected chi connectivity index (χ0v) is 13.5. The Morgan fingerprint density at radius 1 is 1.05 bits per heavy atom. The van der Waals surface area contributed by atoms with Crippen molar-refractivity contribution < 1.29 is 13.2 Å². The molecule has 0 spiro atoms. The number of rotatable bonds is 1. The van der Waals surface area contributed by atoms with Crippen LogP contribution < -0.4 is 0 Å². The Labute approximate surface area is 138 Å². The zero-order valence-electron chi connectivity index (χ0n) is 11.2. The molecule has 0 atom stereocenters. The van der Waals surface area contributed by atoms with Gasteiger partial charge in [0.05, 0.1) is 10.6 Å². The Morgan fingerprint density at radius 2 is 1.77 bits per heavy atom. The van der Waals surface area contributed by atoms with Gasteiger partial charge >= 0.3 is 0 Å². The lowest BCUT2D eigenvalue weighted by Crippen LogP contribution is -2.24. The number of carbonyl (C=O) groups is 1. The third kappa shape index (κ3) is 2.70. The van der Waals surface area contributed by atoms with E-state index in [9.17, 15) is 13.2 Å². The first-order chi connectivity index (χ1) is 10.4. The van der Waals surface area contributed by atoms with Crippen LogP contribution in [0.5, 0.6) is 0 Å². The normalized spacial score (nSPS) is 18.3. The highest BCUT2D eigenvalue weighted by atomic mass is 35.5. The van der Waals surface area contributed by atoms with E-state index in [4.69, 9.17) is 23.2 Å². The van der Waals surface area contributed by atoms with Crippen molar-refractivity contribution in [3.05, 3.63) is 69.2 Å². The summed E-state index contributed by atoms with van der Waals surface area (Å²) in [6, 6.07) is 11.1. The lowest BCUT2D eigenvalue weighted by atomic mass is 10.0. The summed E-state index contributed by atoms with van der Waals surface area (Å²) in [7, 11) is -3.52. The minimum absolute atomic E-state index is 0.0827. The van der Waals surface area contributed by atoms with Crippen molar-refractivity contribution in [2.24, 2.45) is 0 Å². The van der Waals surface area contributed by atoms with E-state index in [1.54, 1.807) is 30.3 Å². The van der Waals surface area contributed by atoms with Crippen LogP contribution in [-0.4, -0.2) is 20.0 Å². The molecule has 22 heavy (non-hydrogen) atoms. The van der Waals surface area contributed by atoms with E-state index in [2.05, 4.69) is 0 Å². The number of ketones is 1. The Balaban J connectivity index is 2.14. The molecule has 0 saturated heterocycles. The summed E-state index contributed by atoms with van der Waals surface area (Å²) in [5.41, 5.74) is 0.956. The van der Waals surface area contributed by atoms with Gasteiger partial charge in [-0.25, -0.2) is 8.42 Å². The van der Waals surface area contributed by atoms with E-state index in [0.717, 1.165) is 0 Å².